The summed E-state index contributed by atoms with van der Waals surface area (Å²) in [4.78, 5) is 5.37. The molecule has 21 heavy (non-hydrogen) atoms. The lowest BCUT2D eigenvalue weighted by atomic mass is 10.1. The number of guanidine groups is 1. The van der Waals surface area contributed by atoms with Crippen molar-refractivity contribution in [1.29, 1.82) is 0 Å². The van der Waals surface area contributed by atoms with Crippen LogP contribution in [0.4, 0.5) is 4.39 Å². The minimum Gasteiger partial charge on any atom is -0.356 e. The summed E-state index contributed by atoms with van der Waals surface area (Å²) in [5.74, 6) is 0.418. The van der Waals surface area contributed by atoms with Crippen molar-refractivity contribution in [3.8, 4) is 0 Å². The zero-order chi connectivity index (χ0) is 15.1. The van der Waals surface area contributed by atoms with Crippen LogP contribution in [0.1, 0.15) is 10.4 Å². The molecule has 3 nitrogen and oxygen atoms in total. The molecular weight excluding hydrogens is 309 g/mol. The second-order valence-corrected chi connectivity index (χ2v) is 5.82. The molecule has 2 N–H and O–H groups in total. The van der Waals surface area contributed by atoms with E-state index in [9.17, 15) is 4.39 Å². The van der Waals surface area contributed by atoms with Gasteiger partial charge in [-0.15, -0.1) is 11.3 Å². The van der Waals surface area contributed by atoms with E-state index in [-0.39, 0.29) is 5.82 Å². The first-order valence-electron chi connectivity index (χ1n) is 6.60. The number of aliphatic imine (C=N–C) groups is 1. The maximum Gasteiger partial charge on any atom is 0.191 e. The number of nitrogens with zero attached hydrogens (tertiary/aromatic N) is 1. The molecule has 1 aromatic heterocycles. The molecule has 0 spiro atoms. The summed E-state index contributed by atoms with van der Waals surface area (Å²) in [6, 6.07) is 8.80. The summed E-state index contributed by atoms with van der Waals surface area (Å²) >= 11 is 7.68. The van der Waals surface area contributed by atoms with E-state index >= 15 is 0 Å². The highest BCUT2D eigenvalue weighted by Gasteiger charge is 2.06. The van der Waals surface area contributed by atoms with Crippen molar-refractivity contribution in [2.24, 2.45) is 4.99 Å². The highest BCUT2D eigenvalue weighted by molar-refractivity contribution is 7.09. The normalized spacial score (nSPS) is 11.5. The van der Waals surface area contributed by atoms with E-state index in [1.54, 1.807) is 30.5 Å². The van der Waals surface area contributed by atoms with Crippen molar-refractivity contribution in [1.82, 2.24) is 10.6 Å². The van der Waals surface area contributed by atoms with Gasteiger partial charge in [0.05, 0.1) is 6.54 Å². The second kappa shape index (κ2) is 8.00. The van der Waals surface area contributed by atoms with E-state index in [0.717, 1.165) is 6.54 Å². The van der Waals surface area contributed by atoms with Gasteiger partial charge in [0.2, 0.25) is 0 Å². The molecule has 0 saturated carbocycles. The highest BCUT2D eigenvalue weighted by Crippen LogP contribution is 2.18. The molecule has 0 aliphatic rings. The molecule has 0 radical (unpaired) electrons. The molecule has 0 amide bonds. The Balaban J connectivity index is 1.81. The van der Waals surface area contributed by atoms with Gasteiger partial charge in [0.1, 0.15) is 5.82 Å². The Hall–Kier alpha value is -1.59. The summed E-state index contributed by atoms with van der Waals surface area (Å²) in [6.07, 6.45) is 0.505. The van der Waals surface area contributed by atoms with Gasteiger partial charge < -0.3 is 10.6 Å². The molecule has 1 heterocycles. The Bertz CT molecular complexity index is 579. The Kier molecular flexibility index (Phi) is 6.02. The average Bonchev–Trinajstić information content (AvgIpc) is 2.98. The minimum absolute atomic E-state index is 0.272. The van der Waals surface area contributed by atoms with Crippen LogP contribution in [-0.4, -0.2) is 19.6 Å². The van der Waals surface area contributed by atoms with Crippen LogP contribution in [0.25, 0.3) is 0 Å². The lowest BCUT2D eigenvalue weighted by molar-refractivity contribution is 0.607. The predicted molar refractivity (Wildman–Crippen MR) is 87.6 cm³/mol. The zero-order valence-corrected chi connectivity index (χ0v) is 13.3. The number of thiophene rings is 1. The first-order chi connectivity index (χ1) is 10.2. The van der Waals surface area contributed by atoms with Crippen LogP contribution < -0.4 is 10.6 Å². The Labute approximate surface area is 132 Å². The molecule has 0 aliphatic heterocycles. The first kappa shape index (κ1) is 15.8. The first-order valence-corrected chi connectivity index (χ1v) is 7.86. The monoisotopic (exact) mass is 325 g/mol. The van der Waals surface area contributed by atoms with Gasteiger partial charge in [-0.1, -0.05) is 23.7 Å². The van der Waals surface area contributed by atoms with Crippen molar-refractivity contribution >= 4 is 28.9 Å². The minimum atomic E-state index is -0.272. The number of benzene rings is 1. The lowest BCUT2D eigenvalue weighted by Gasteiger charge is -2.12. The number of nitrogens with one attached hydrogen (secondary N) is 2. The van der Waals surface area contributed by atoms with Crippen molar-refractivity contribution in [3.05, 3.63) is 57.0 Å². The van der Waals surface area contributed by atoms with Crippen molar-refractivity contribution in [3.63, 3.8) is 0 Å². The second-order valence-electron chi connectivity index (χ2n) is 4.38. The van der Waals surface area contributed by atoms with Crippen molar-refractivity contribution < 1.29 is 4.39 Å². The van der Waals surface area contributed by atoms with Gasteiger partial charge in [0, 0.05) is 29.1 Å². The summed E-state index contributed by atoms with van der Waals surface area (Å²) in [5, 5.41) is 8.85. The van der Waals surface area contributed by atoms with Crippen LogP contribution >= 0.6 is 22.9 Å². The quantitative estimate of drug-likeness (QED) is 0.652. The van der Waals surface area contributed by atoms with Crippen LogP contribution in [0.3, 0.4) is 0 Å². The van der Waals surface area contributed by atoms with Crippen molar-refractivity contribution in [2.45, 2.75) is 13.0 Å². The van der Waals surface area contributed by atoms with Crippen LogP contribution in [0.2, 0.25) is 5.02 Å². The lowest BCUT2D eigenvalue weighted by Crippen LogP contribution is -2.37. The van der Waals surface area contributed by atoms with Gasteiger partial charge in [0.15, 0.2) is 5.96 Å². The molecule has 2 rings (SSSR count). The number of rotatable bonds is 5. The number of hydrogen-bond acceptors (Lipinski definition) is 2. The van der Waals surface area contributed by atoms with E-state index in [4.69, 9.17) is 11.6 Å². The van der Waals surface area contributed by atoms with E-state index in [2.05, 4.69) is 21.7 Å². The Morgan fingerprint density at radius 3 is 2.81 bits per heavy atom. The largest absolute Gasteiger partial charge is 0.356 e. The molecule has 0 saturated heterocycles. The van der Waals surface area contributed by atoms with E-state index in [0.29, 0.717) is 29.5 Å². The molecule has 0 unspecified atom stereocenters. The van der Waals surface area contributed by atoms with Gasteiger partial charge in [0.25, 0.3) is 0 Å². The molecule has 6 heteroatoms. The summed E-state index contributed by atoms with van der Waals surface area (Å²) in [7, 11) is 1.71. The van der Waals surface area contributed by atoms with Crippen LogP contribution in [0.5, 0.6) is 0 Å². The third-order valence-electron chi connectivity index (χ3n) is 2.96. The van der Waals surface area contributed by atoms with Crippen molar-refractivity contribution in [2.75, 3.05) is 13.6 Å². The van der Waals surface area contributed by atoms with E-state index in [1.165, 1.54) is 10.9 Å². The molecule has 0 aliphatic carbocycles. The topological polar surface area (TPSA) is 36.4 Å². The van der Waals surface area contributed by atoms with E-state index in [1.807, 2.05) is 11.4 Å². The maximum absolute atomic E-state index is 13.6. The Morgan fingerprint density at radius 2 is 2.14 bits per heavy atom. The molecule has 0 atom stereocenters. The fraction of sp³-hybridized carbons (Fsp3) is 0.267. The van der Waals surface area contributed by atoms with E-state index < -0.39 is 0 Å². The third kappa shape index (κ3) is 4.72. The van der Waals surface area contributed by atoms with Gasteiger partial charge in [-0.3, -0.25) is 4.99 Å². The summed E-state index contributed by atoms with van der Waals surface area (Å²) in [5.41, 5.74) is 0.528. The number of halogens is 2. The van der Waals surface area contributed by atoms with Crippen LogP contribution in [-0.2, 0) is 13.0 Å². The van der Waals surface area contributed by atoms with Crippen LogP contribution in [0, 0.1) is 5.82 Å². The van der Waals surface area contributed by atoms with Crippen LogP contribution in [0.15, 0.2) is 40.7 Å². The number of hydrogen-bond donors (Lipinski definition) is 2. The molecule has 0 fully saturated rings. The van der Waals surface area contributed by atoms with Gasteiger partial charge >= 0.3 is 0 Å². The van der Waals surface area contributed by atoms with Gasteiger partial charge in [-0.05, 0) is 30.0 Å². The Morgan fingerprint density at radius 1 is 1.29 bits per heavy atom. The predicted octanol–water partition coefficient (Wildman–Crippen LogP) is 3.45. The summed E-state index contributed by atoms with van der Waals surface area (Å²) < 4.78 is 13.6. The molecule has 2 aromatic rings. The smallest absolute Gasteiger partial charge is 0.191 e. The summed E-state index contributed by atoms with van der Waals surface area (Å²) in [6.45, 7) is 1.28. The highest BCUT2D eigenvalue weighted by atomic mass is 35.5. The fourth-order valence-electron chi connectivity index (χ4n) is 1.88. The molecule has 0 bridgehead atoms. The molecular formula is C15H17ClFN3S. The SMILES string of the molecule is CN=C(NCCc1c(F)cccc1Cl)NCc1cccs1. The maximum atomic E-state index is 13.6. The average molecular weight is 326 g/mol. The third-order valence-corrected chi connectivity index (χ3v) is 4.19. The standard InChI is InChI=1S/C15H17ClFN3S/c1-18-15(20-10-11-4-3-9-21-11)19-8-7-12-13(16)5-2-6-14(12)17/h2-6,9H,7-8,10H2,1H3,(H2,18,19,20). The van der Waals surface area contributed by atoms with Gasteiger partial charge in [-0.25, -0.2) is 4.39 Å². The zero-order valence-electron chi connectivity index (χ0n) is 11.7. The molecule has 1 aromatic carbocycles. The molecule has 112 valence electrons. The van der Waals surface area contributed by atoms with Gasteiger partial charge in [-0.2, -0.15) is 0 Å². The fourth-order valence-corrected chi connectivity index (χ4v) is 2.78.